The third-order valence-electron chi connectivity index (χ3n) is 3.56. The molecule has 134 valence electrons. The molecule has 0 unspecified atom stereocenters. The molecule has 0 radical (unpaired) electrons. The first-order valence-electron chi connectivity index (χ1n) is 6.84. The van der Waals surface area contributed by atoms with E-state index < -0.39 is 33.2 Å². The number of non-ortho nitro benzene ring substituents is 1. The van der Waals surface area contributed by atoms with Gasteiger partial charge in [0.05, 0.1) is 26.6 Å². The van der Waals surface area contributed by atoms with Crippen molar-refractivity contribution in [1.29, 1.82) is 0 Å². The number of nitro groups is 1. The van der Waals surface area contributed by atoms with E-state index in [1.165, 1.54) is 12.1 Å². The second-order valence-corrected chi connectivity index (χ2v) is 6.28. The van der Waals surface area contributed by atoms with Gasteiger partial charge in [0.1, 0.15) is 4.60 Å². The minimum absolute atomic E-state index is 0.0240. The Balaban J connectivity index is 2.27. The minimum Gasteiger partial charge on any atom is -0.267 e. The zero-order valence-corrected chi connectivity index (χ0v) is 14.8. The number of nitro benzene ring substituents is 1. The molecule has 1 aromatic heterocycles. The number of halogens is 5. The SMILES string of the molecule is O=C(c1c(Cl)cccc1C(F)(F)F)n1nc(Br)c2ccc([N+](=O)[O-])cc21. The molecule has 3 aromatic rings. The Labute approximate surface area is 156 Å². The Morgan fingerprint density at radius 1 is 1.27 bits per heavy atom. The molecular formula is C15H6BrClF3N3O3. The molecule has 6 nitrogen and oxygen atoms in total. The van der Waals surface area contributed by atoms with Crippen molar-refractivity contribution in [3.05, 3.63) is 67.3 Å². The fourth-order valence-corrected chi connectivity index (χ4v) is 3.17. The van der Waals surface area contributed by atoms with Crippen LogP contribution in [0, 0.1) is 10.1 Å². The summed E-state index contributed by atoms with van der Waals surface area (Å²) in [6.07, 6.45) is -4.82. The molecule has 0 saturated carbocycles. The van der Waals surface area contributed by atoms with Gasteiger partial charge in [-0.05, 0) is 34.1 Å². The summed E-state index contributed by atoms with van der Waals surface area (Å²) in [7, 11) is 0. The van der Waals surface area contributed by atoms with Crippen molar-refractivity contribution in [2.24, 2.45) is 0 Å². The topological polar surface area (TPSA) is 78.0 Å². The van der Waals surface area contributed by atoms with Gasteiger partial charge in [-0.2, -0.15) is 23.0 Å². The number of hydrogen-bond donors (Lipinski definition) is 0. The molecule has 0 saturated heterocycles. The van der Waals surface area contributed by atoms with E-state index in [1.54, 1.807) is 0 Å². The van der Waals surface area contributed by atoms with E-state index in [0.29, 0.717) is 10.1 Å². The smallest absolute Gasteiger partial charge is 0.267 e. The van der Waals surface area contributed by atoms with Gasteiger partial charge in [0.15, 0.2) is 0 Å². The van der Waals surface area contributed by atoms with E-state index in [9.17, 15) is 28.1 Å². The Morgan fingerprint density at radius 3 is 2.58 bits per heavy atom. The number of alkyl halides is 3. The number of fused-ring (bicyclic) bond motifs is 1. The van der Waals surface area contributed by atoms with E-state index in [4.69, 9.17) is 11.6 Å². The number of carbonyl (C=O) groups is 1. The average molecular weight is 449 g/mol. The Hall–Kier alpha value is -2.46. The summed E-state index contributed by atoms with van der Waals surface area (Å²) in [5, 5.41) is 14.7. The van der Waals surface area contributed by atoms with Crippen LogP contribution in [0.4, 0.5) is 18.9 Å². The second kappa shape index (κ2) is 6.36. The van der Waals surface area contributed by atoms with E-state index in [1.807, 2.05) is 0 Å². The number of hydrogen-bond acceptors (Lipinski definition) is 4. The fraction of sp³-hybridized carbons (Fsp3) is 0.0667. The fourth-order valence-electron chi connectivity index (χ4n) is 2.42. The molecule has 1 heterocycles. The second-order valence-electron chi connectivity index (χ2n) is 5.13. The lowest BCUT2D eigenvalue weighted by atomic mass is 10.1. The molecule has 0 aliphatic carbocycles. The highest BCUT2D eigenvalue weighted by molar-refractivity contribution is 9.10. The van der Waals surface area contributed by atoms with Crippen LogP contribution >= 0.6 is 27.5 Å². The summed E-state index contributed by atoms with van der Waals surface area (Å²) in [6.45, 7) is 0. The molecular weight excluding hydrogens is 443 g/mol. The molecule has 26 heavy (non-hydrogen) atoms. The van der Waals surface area contributed by atoms with Crippen molar-refractivity contribution in [2.75, 3.05) is 0 Å². The van der Waals surface area contributed by atoms with Gasteiger partial charge >= 0.3 is 6.18 Å². The number of aromatic nitrogens is 2. The molecule has 0 aliphatic rings. The predicted octanol–water partition coefficient (Wildman–Crippen LogP) is 5.07. The Kier molecular flexibility index (Phi) is 4.49. The molecule has 0 aliphatic heterocycles. The van der Waals surface area contributed by atoms with Gasteiger partial charge in [-0.3, -0.25) is 14.9 Å². The molecule has 0 bridgehead atoms. The van der Waals surface area contributed by atoms with Crippen molar-refractivity contribution in [3.8, 4) is 0 Å². The van der Waals surface area contributed by atoms with Crippen LogP contribution in [0.3, 0.4) is 0 Å². The summed E-state index contributed by atoms with van der Waals surface area (Å²) >= 11 is 8.93. The predicted molar refractivity (Wildman–Crippen MR) is 90.3 cm³/mol. The van der Waals surface area contributed by atoms with Gasteiger partial charge in [-0.15, -0.1) is 0 Å². The van der Waals surface area contributed by atoms with Crippen molar-refractivity contribution in [2.45, 2.75) is 6.18 Å². The molecule has 0 spiro atoms. The molecule has 11 heteroatoms. The highest BCUT2D eigenvalue weighted by Crippen LogP contribution is 2.36. The van der Waals surface area contributed by atoms with Crippen LogP contribution in [0.25, 0.3) is 10.9 Å². The van der Waals surface area contributed by atoms with Crippen molar-refractivity contribution in [1.82, 2.24) is 9.78 Å². The lowest BCUT2D eigenvalue weighted by molar-refractivity contribution is -0.384. The van der Waals surface area contributed by atoms with Gasteiger partial charge in [0.25, 0.3) is 11.6 Å². The van der Waals surface area contributed by atoms with Crippen LogP contribution in [0.15, 0.2) is 41.0 Å². The van der Waals surface area contributed by atoms with Crippen LogP contribution in [-0.4, -0.2) is 20.6 Å². The largest absolute Gasteiger partial charge is 0.417 e. The molecule has 0 fully saturated rings. The molecule has 2 aromatic carbocycles. The molecule has 0 amide bonds. The monoisotopic (exact) mass is 447 g/mol. The van der Waals surface area contributed by atoms with Gasteiger partial charge in [-0.25, -0.2) is 0 Å². The summed E-state index contributed by atoms with van der Waals surface area (Å²) < 4.78 is 40.6. The van der Waals surface area contributed by atoms with Crippen molar-refractivity contribution >= 4 is 50.0 Å². The lowest BCUT2D eigenvalue weighted by Gasteiger charge is -2.13. The molecule has 0 N–H and O–H groups in total. The first kappa shape index (κ1) is 18.3. The summed E-state index contributed by atoms with van der Waals surface area (Å²) in [4.78, 5) is 23.0. The Morgan fingerprint density at radius 2 is 1.96 bits per heavy atom. The van der Waals surface area contributed by atoms with Crippen LogP contribution in [0.2, 0.25) is 5.02 Å². The normalized spacial score (nSPS) is 11.7. The molecule has 3 rings (SSSR count). The first-order valence-corrected chi connectivity index (χ1v) is 8.01. The maximum atomic E-state index is 13.3. The first-order chi connectivity index (χ1) is 12.1. The minimum atomic E-state index is -4.82. The highest BCUT2D eigenvalue weighted by Gasteiger charge is 2.37. The third kappa shape index (κ3) is 3.06. The number of carbonyl (C=O) groups excluding carboxylic acids is 1. The average Bonchev–Trinajstić information content (AvgIpc) is 2.89. The van der Waals surface area contributed by atoms with E-state index in [2.05, 4.69) is 21.0 Å². The summed E-state index contributed by atoms with van der Waals surface area (Å²) in [5.74, 6) is -1.15. The van der Waals surface area contributed by atoms with Crippen LogP contribution < -0.4 is 0 Å². The van der Waals surface area contributed by atoms with E-state index in [0.717, 1.165) is 24.3 Å². The van der Waals surface area contributed by atoms with Gasteiger partial charge < -0.3 is 0 Å². The van der Waals surface area contributed by atoms with Gasteiger partial charge in [-0.1, -0.05) is 17.7 Å². The number of benzene rings is 2. The zero-order chi connectivity index (χ0) is 19.2. The van der Waals surface area contributed by atoms with E-state index in [-0.39, 0.29) is 15.8 Å². The summed E-state index contributed by atoms with van der Waals surface area (Å²) in [6, 6.07) is 6.53. The number of nitrogens with zero attached hydrogens (tertiary/aromatic N) is 3. The zero-order valence-electron chi connectivity index (χ0n) is 12.4. The maximum Gasteiger partial charge on any atom is 0.417 e. The van der Waals surface area contributed by atoms with Crippen molar-refractivity contribution in [3.63, 3.8) is 0 Å². The standard InChI is InChI=1S/C15H6BrClF3N3O3/c16-13-8-5-4-7(23(25)26)6-11(8)22(21-13)14(24)12-9(15(18,19)20)2-1-3-10(12)17/h1-6H. The summed E-state index contributed by atoms with van der Waals surface area (Å²) in [5.41, 5.74) is -2.37. The highest BCUT2D eigenvalue weighted by atomic mass is 79.9. The van der Waals surface area contributed by atoms with Crippen molar-refractivity contribution < 1.29 is 22.9 Å². The van der Waals surface area contributed by atoms with Crippen LogP contribution in [0.1, 0.15) is 15.9 Å². The Bertz CT molecular complexity index is 1070. The third-order valence-corrected chi connectivity index (χ3v) is 4.46. The van der Waals surface area contributed by atoms with E-state index >= 15 is 0 Å². The maximum absolute atomic E-state index is 13.3. The molecule has 0 atom stereocenters. The van der Waals surface area contributed by atoms with Crippen LogP contribution in [0.5, 0.6) is 0 Å². The quantitative estimate of drug-likeness (QED) is 0.405. The van der Waals surface area contributed by atoms with Gasteiger partial charge in [0, 0.05) is 17.5 Å². The lowest BCUT2D eigenvalue weighted by Crippen LogP contribution is -2.20. The number of rotatable bonds is 2. The van der Waals surface area contributed by atoms with Crippen LogP contribution in [-0.2, 0) is 6.18 Å². The van der Waals surface area contributed by atoms with Gasteiger partial charge in [0.2, 0.25) is 0 Å².